The van der Waals surface area contributed by atoms with Crippen molar-refractivity contribution in [2.45, 2.75) is 0 Å². The van der Waals surface area contributed by atoms with Gasteiger partial charge >= 0.3 is 0 Å². The molecule has 0 aromatic heterocycles. The molecule has 0 aliphatic rings. The molecule has 0 spiro atoms. The maximum atomic E-state index is 4.26. The standard InChI is InChI=1S/Cl2O.Mo.Na/c1-3-2;;. The van der Waals surface area contributed by atoms with Crippen LogP contribution < -0.4 is 0 Å². The van der Waals surface area contributed by atoms with Gasteiger partial charge in [-0.3, -0.25) is 0 Å². The van der Waals surface area contributed by atoms with E-state index in [1.165, 1.54) is 0 Å². The number of hydrogen-bond donors (Lipinski definition) is 0. The summed E-state index contributed by atoms with van der Waals surface area (Å²) in [5.74, 6) is 0. The van der Waals surface area contributed by atoms with E-state index in [2.05, 4.69) is 27.6 Å². The van der Waals surface area contributed by atoms with E-state index in [0.717, 1.165) is 0 Å². The summed E-state index contributed by atoms with van der Waals surface area (Å²) >= 11 is 8.53. The molecule has 0 N–H and O–H groups in total. The third-order valence-electron chi connectivity index (χ3n) is 0. The van der Waals surface area contributed by atoms with Gasteiger partial charge in [-0.2, -0.15) is 3.84 Å². The summed E-state index contributed by atoms with van der Waals surface area (Å²) in [5, 5.41) is 0. The Balaban J connectivity index is -0.0000000200. The molecule has 0 heterocycles. The van der Waals surface area contributed by atoms with E-state index < -0.39 is 0 Å². The minimum absolute atomic E-state index is 0. The Hall–Kier alpha value is 2.23. The third-order valence-corrected chi connectivity index (χ3v) is 0. The van der Waals surface area contributed by atoms with Crippen LogP contribution in [0.5, 0.6) is 0 Å². The minimum atomic E-state index is 0. The molecule has 0 saturated carbocycles. The van der Waals surface area contributed by atoms with Crippen LogP contribution in [0.15, 0.2) is 0 Å². The Morgan fingerprint density at radius 3 is 1.20 bits per heavy atom. The molecule has 0 saturated heterocycles. The summed E-state index contributed by atoms with van der Waals surface area (Å²) in [5.41, 5.74) is 0. The van der Waals surface area contributed by atoms with Crippen molar-refractivity contribution in [3.8, 4) is 0 Å². The molecule has 1 nitrogen and oxygen atoms in total. The van der Waals surface area contributed by atoms with Crippen molar-refractivity contribution in [1.82, 2.24) is 0 Å². The van der Waals surface area contributed by atoms with Crippen LogP contribution in [0.2, 0.25) is 0 Å². The molecule has 0 amide bonds. The quantitative estimate of drug-likeness (QED) is 0.535. The summed E-state index contributed by atoms with van der Waals surface area (Å²) in [7, 11) is 0. The zero-order valence-electron chi connectivity index (χ0n) is 2.57. The van der Waals surface area contributed by atoms with Crippen molar-refractivity contribution >= 4 is 53.3 Å². The van der Waals surface area contributed by atoms with Crippen molar-refractivity contribution < 1.29 is 24.9 Å². The molecular formula is Cl2MoNaO. The zero-order chi connectivity index (χ0) is 2.71. The minimum Gasteiger partial charge on any atom is -0.166 e. The molecule has 5 heteroatoms. The molecule has 1 radical (unpaired) electrons. The van der Waals surface area contributed by atoms with E-state index in [0.29, 0.717) is 0 Å². The molecular weight excluding hydrogens is 206 g/mol. The van der Waals surface area contributed by atoms with Gasteiger partial charge in [-0.25, -0.2) is 0 Å². The van der Waals surface area contributed by atoms with Crippen LogP contribution in [0.4, 0.5) is 0 Å². The van der Waals surface area contributed by atoms with Crippen molar-refractivity contribution in [2.24, 2.45) is 0 Å². The van der Waals surface area contributed by atoms with Crippen LogP contribution >= 0.6 is 23.7 Å². The first-order valence-corrected chi connectivity index (χ1v) is 0.926. The molecule has 5 heavy (non-hydrogen) atoms. The smallest absolute Gasteiger partial charge is 0.0832 e. The second-order valence-electron chi connectivity index (χ2n) is 0.0583. The molecule has 0 atom stereocenters. The Morgan fingerprint density at radius 1 is 1.20 bits per heavy atom. The van der Waals surface area contributed by atoms with Crippen molar-refractivity contribution in [1.29, 1.82) is 0 Å². The van der Waals surface area contributed by atoms with Gasteiger partial charge in [-0.05, 0) is 0 Å². The first-order chi connectivity index (χ1) is 1.41. The number of halogens is 2. The summed E-state index contributed by atoms with van der Waals surface area (Å²) in [6, 6.07) is 0. The Kier molecular flexibility index (Phi) is 51.2. The summed E-state index contributed by atoms with van der Waals surface area (Å²) in [4.78, 5) is 0. The monoisotopic (exact) mass is 207 g/mol. The first-order valence-electron chi connectivity index (χ1n) is 0.309. The second kappa shape index (κ2) is 16.3. The van der Waals surface area contributed by atoms with Gasteiger partial charge in [0.25, 0.3) is 0 Å². The number of hydrogen-bond acceptors (Lipinski definition) is 1. The van der Waals surface area contributed by atoms with Gasteiger partial charge in [0.2, 0.25) is 0 Å². The van der Waals surface area contributed by atoms with E-state index in [9.17, 15) is 0 Å². The summed E-state index contributed by atoms with van der Waals surface area (Å²) in [6.45, 7) is 0. The largest absolute Gasteiger partial charge is 0.166 e. The van der Waals surface area contributed by atoms with Gasteiger partial charge in [-0.1, -0.05) is 0 Å². The van der Waals surface area contributed by atoms with Crippen molar-refractivity contribution in [3.05, 3.63) is 0 Å². The summed E-state index contributed by atoms with van der Waals surface area (Å²) < 4.78 is 3.19. The number of rotatable bonds is 0. The van der Waals surface area contributed by atoms with Crippen LogP contribution in [0.25, 0.3) is 0 Å². The fourth-order valence-corrected chi connectivity index (χ4v) is 0. The SMILES string of the molecule is ClOCl.[Mo].[Na]. The van der Waals surface area contributed by atoms with E-state index >= 15 is 0 Å². The molecule has 27 valence electrons. The van der Waals surface area contributed by atoms with E-state index in [1.54, 1.807) is 0 Å². The molecule has 0 rings (SSSR count). The Morgan fingerprint density at radius 2 is 1.20 bits per heavy atom. The molecule has 0 aromatic carbocycles. The van der Waals surface area contributed by atoms with E-state index in [4.69, 9.17) is 0 Å². The van der Waals surface area contributed by atoms with Crippen LogP contribution in [-0.2, 0) is 24.9 Å². The molecule has 0 unspecified atom stereocenters. The van der Waals surface area contributed by atoms with Gasteiger partial charge in [0, 0.05) is 50.6 Å². The van der Waals surface area contributed by atoms with Crippen LogP contribution in [0, 0.1) is 0 Å². The summed E-state index contributed by atoms with van der Waals surface area (Å²) in [6.07, 6.45) is 0. The van der Waals surface area contributed by atoms with Gasteiger partial charge < -0.3 is 0 Å². The maximum Gasteiger partial charge on any atom is 0.0832 e. The third kappa shape index (κ3) is 22.4. The Labute approximate surface area is 77.2 Å². The molecule has 0 aliphatic heterocycles. The van der Waals surface area contributed by atoms with E-state index in [-0.39, 0.29) is 50.6 Å². The van der Waals surface area contributed by atoms with Crippen LogP contribution in [0.1, 0.15) is 0 Å². The fraction of sp³-hybridized carbons (Fsp3) is 0. The second-order valence-corrected chi connectivity index (χ2v) is 0.525. The van der Waals surface area contributed by atoms with Gasteiger partial charge in [-0.15, -0.1) is 0 Å². The van der Waals surface area contributed by atoms with E-state index in [1.807, 2.05) is 0 Å². The fourth-order valence-electron chi connectivity index (χ4n) is 0. The average Bonchev–Trinajstić information content (AvgIpc) is 0.918. The van der Waals surface area contributed by atoms with Gasteiger partial charge in [0.15, 0.2) is 0 Å². The normalized spacial score (nSPS) is 3.60. The molecule has 0 fully saturated rings. The topological polar surface area (TPSA) is 9.23 Å². The molecule has 0 aromatic rings. The first kappa shape index (κ1) is 15.7. The maximum absolute atomic E-state index is 4.26. The van der Waals surface area contributed by atoms with Crippen molar-refractivity contribution in [3.63, 3.8) is 0 Å². The molecule has 0 bridgehead atoms. The predicted molar refractivity (Wildman–Crippen MR) is 18.5 cm³/mol. The van der Waals surface area contributed by atoms with Crippen LogP contribution in [0.3, 0.4) is 0 Å². The predicted octanol–water partition coefficient (Wildman–Crippen LogP) is 0.927. The van der Waals surface area contributed by atoms with Gasteiger partial charge in [0.05, 0.1) is 23.7 Å². The van der Waals surface area contributed by atoms with Crippen molar-refractivity contribution in [2.75, 3.05) is 0 Å². The zero-order valence-corrected chi connectivity index (χ0v) is 8.09. The average molecular weight is 206 g/mol. The van der Waals surface area contributed by atoms with Crippen LogP contribution in [-0.4, -0.2) is 29.6 Å². The van der Waals surface area contributed by atoms with Gasteiger partial charge in [0.1, 0.15) is 0 Å². The Bertz CT molecular complexity index is 9.61. The molecule has 0 aliphatic carbocycles.